The molecule has 0 bridgehead atoms. The summed E-state index contributed by atoms with van der Waals surface area (Å²) in [5.74, 6) is -2.45. The molecule has 0 unspecified atom stereocenters. The van der Waals surface area contributed by atoms with Crippen LogP contribution in [0, 0.1) is 0 Å². The van der Waals surface area contributed by atoms with E-state index in [1.54, 1.807) is 0 Å². The summed E-state index contributed by atoms with van der Waals surface area (Å²) in [6.07, 6.45) is 0. The number of hydrogen-bond donors (Lipinski definition) is 3. The lowest BCUT2D eigenvalue weighted by molar-refractivity contribution is 0.0693. The average Bonchev–Trinajstić information content (AvgIpc) is 2.43. The van der Waals surface area contributed by atoms with E-state index in [0.29, 0.717) is 0 Å². The molecule has 6 nitrogen and oxygen atoms in total. The van der Waals surface area contributed by atoms with Crippen LogP contribution in [0.15, 0.2) is 0 Å². The van der Waals surface area contributed by atoms with Crippen LogP contribution < -0.4 is 5.73 Å². The Kier molecular flexibility index (Phi) is 3.28. The molecule has 0 aliphatic heterocycles. The highest BCUT2D eigenvalue weighted by Gasteiger charge is 2.25. The number of aromatic carboxylic acids is 2. The van der Waals surface area contributed by atoms with E-state index in [0.717, 1.165) is 11.3 Å². The standard InChI is InChI=1S/C8H9NO5S/c1-14-2-3-4(7(10)11)6(9)15-5(3)8(12)13/h2,9H2,1H3,(H,10,11)(H,12,13). The Hall–Kier alpha value is -1.60. The van der Waals surface area contributed by atoms with Gasteiger partial charge in [-0.15, -0.1) is 11.3 Å². The molecule has 0 aliphatic rings. The van der Waals surface area contributed by atoms with Gasteiger partial charge in [0.2, 0.25) is 0 Å². The fourth-order valence-corrected chi connectivity index (χ4v) is 2.08. The Morgan fingerprint density at radius 2 is 2.00 bits per heavy atom. The highest BCUT2D eigenvalue weighted by Crippen LogP contribution is 2.31. The summed E-state index contributed by atoms with van der Waals surface area (Å²) < 4.78 is 4.75. The summed E-state index contributed by atoms with van der Waals surface area (Å²) in [4.78, 5) is 21.5. The number of ether oxygens (including phenoxy) is 1. The SMILES string of the molecule is COCc1c(C(=O)O)sc(N)c1C(=O)O. The molecule has 1 rings (SSSR count). The summed E-state index contributed by atoms with van der Waals surface area (Å²) in [6.45, 7) is -0.0863. The van der Waals surface area contributed by atoms with Crippen LogP contribution in [0.2, 0.25) is 0 Å². The van der Waals surface area contributed by atoms with Crippen LogP contribution in [-0.2, 0) is 11.3 Å². The van der Waals surface area contributed by atoms with Crippen molar-refractivity contribution in [2.75, 3.05) is 12.8 Å². The minimum Gasteiger partial charge on any atom is -0.478 e. The van der Waals surface area contributed by atoms with Crippen LogP contribution in [0.3, 0.4) is 0 Å². The summed E-state index contributed by atoms with van der Waals surface area (Å²) in [6, 6.07) is 0. The van der Waals surface area contributed by atoms with Gasteiger partial charge in [0.05, 0.1) is 12.2 Å². The first kappa shape index (κ1) is 11.5. The van der Waals surface area contributed by atoms with Gasteiger partial charge in [0.25, 0.3) is 0 Å². The monoisotopic (exact) mass is 231 g/mol. The molecule has 0 radical (unpaired) electrons. The number of hydrogen-bond acceptors (Lipinski definition) is 5. The normalized spacial score (nSPS) is 10.2. The maximum absolute atomic E-state index is 10.8. The van der Waals surface area contributed by atoms with Crippen LogP contribution in [0.5, 0.6) is 0 Å². The molecule has 0 saturated carbocycles. The summed E-state index contributed by atoms with van der Waals surface area (Å²) in [5.41, 5.74) is 5.36. The van der Waals surface area contributed by atoms with E-state index in [-0.39, 0.29) is 27.6 Å². The molecule has 0 amide bonds. The van der Waals surface area contributed by atoms with Crippen LogP contribution >= 0.6 is 11.3 Å². The van der Waals surface area contributed by atoms with Crippen molar-refractivity contribution in [1.82, 2.24) is 0 Å². The van der Waals surface area contributed by atoms with Crippen molar-refractivity contribution < 1.29 is 24.5 Å². The lowest BCUT2D eigenvalue weighted by Crippen LogP contribution is -2.06. The zero-order chi connectivity index (χ0) is 11.6. The maximum Gasteiger partial charge on any atom is 0.346 e. The Morgan fingerprint density at radius 3 is 2.40 bits per heavy atom. The van der Waals surface area contributed by atoms with E-state index in [1.165, 1.54) is 7.11 Å². The Morgan fingerprint density at radius 1 is 1.40 bits per heavy atom. The highest BCUT2D eigenvalue weighted by molar-refractivity contribution is 7.18. The summed E-state index contributed by atoms with van der Waals surface area (Å²) in [7, 11) is 1.35. The fraction of sp³-hybridized carbons (Fsp3) is 0.250. The first-order valence-electron chi connectivity index (χ1n) is 3.85. The van der Waals surface area contributed by atoms with Crippen molar-refractivity contribution in [2.45, 2.75) is 6.61 Å². The molecule has 0 spiro atoms. The number of nitrogens with two attached hydrogens (primary N) is 1. The van der Waals surface area contributed by atoms with Gasteiger partial charge in [-0.2, -0.15) is 0 Å². The zero-order valence-electron chi connectivity index (χ0n) is 7.81. The van der Waals surface area contributed by atoms with Gasteiger partial charge in [-0.1, -0.05) is 0 Å². The molecule has 0 fully saturated rings. The number of carboxylic acids is 2. The van der Waals surface area contributed by atoms with Crippen LogP contribution in [-0.4, -0.2) is 29.3 Å². The number of carboxylic acid groups (broad SMARTS) is 2. The predicted molar refractivity (Wildman–Crippen MR) is 53.4 cm³/mol. The van der Waals surface area contributed by atoms with Crippen molar-refractivity contribution in [3.05, 3.63) is 16.0 Å². The lowest BCUT2D eigenvalue weighted by atomic mass is 10.1. The molecular weight excluding hydrogens is 222 g/mol. The van der Waals surface area contributed by atoms with Crippen molar-refractivity contribution in [3.8, 4) is 0 Å². The first-order valence-corrected chi connectivity index (χ1v) is 4.67. The lowest BCUT2D eigenvalue weighted by Gasteiger charge is -2.00. The summed E-state index contributed by atoms with van der Waals surface area (Å²) >= 11 is 0.735. The van der Waals surface area contributed by atoms with Crippen molar-refractivity contribution in [3.63, 3.8) is 0 Å². The fourth-order valence-electron chi connectivity index (χ4n) is 1.17. The van der Waals surface area contributed by atoms with E-state index in [9.17, 15) is 9.59 Å². The maximum atomic E-state index is 10.8. The molecule has 15 heavy (non-hydrogen) atoms. The van der Waals surface area contributed by atoms with Crippen molar-refractivity contribution in [2.24, 2.45) is 0 Å². The molecule has 0 saturated heterocycles. The van der Waals surface area contributed by atoms with Crippen molar-refractivity contribution in [1.29, 1.82) is 0 Å². The van der Waals surface area contributed by atoms with Crippen LogP contribution in [0.1, 0.15) is 25.6 Å². The molecule has 1 aromatic rings. The number of carbonyl (C=O) groups is 2. The third kappa shape index (κ3) is 2.08. The van der Waals surface area contributed by atoms with Gasteiger partial charge in [-0.25, -0.2) is 9.59 Å². The Labute approximate surface area is 88.9 Å². The van der Waals surface area contributed by atoms with Crippen LogP contribution in [0.25, 0.3) is 0 Å². The molecule has 4 N–H and O–H groups in total. The van der Waals surface area contributed by atoms with Gasteiger partial charge in [-0.05, 0) is 0 Å². The number of methoxy groups -OCH3 is 1. The molecule has 0 aliphatic carbocycles. The minimum absolute atomic E-state index is 0.0213. The molecule has 7 heteroatoms. The topological polar surface area (TPSA) is 110 Å². The number of thiophene rings is 1. The van der Waals surface area contributed by atoms with E-state index < -0.39 is 11.9 Å². The number of nitrogen functional groups attached to an aromatic ring is 1. The van der Waals surface area contributed by atoms with Crippen LogP contribution in [0.4, 0.5) is 5.00 Å². The summed E-state index contributed by atoms with van der Waals surface area (Å²) in [5, 5.41) is 17.6. The smallest absolute Gasteiger partial charge is 0.346 e. The van der Waals surface area contributed by atoms with Gasteiger partial charge in [0.15, 0.2) is 0 Å². The zero-order valence-corrected chi connectivity index (χ0v) is 8.63. The molecule has 0 aromatic carbocycles. The Bertz CT molecular complexity index is 411. The largest absolute Gasteiger partial charge is 0.478 e. The minimum atomic E-state index is -1.25. The predicted octanol–water partition coefficient (Wildman–Crippen LogP) is 0.873. The highest BCUT2D eigenvalue weighted by atomic mass is 32.1. The Balaban J connectivity index is 3.37. The second kappa shape index (κ2) is 4.28. The second-order valence-corrected chi connectivity index (χ2v) is 3.74. The second-order valence-electron chi connectivity index (χ2n) is 2.69. The van der Waals surface area contributed by atoms with E-state index >= 15 is 0 Å². The van der Waals surface area contributed by atoms with Gasteiger partial charge in [0.1, 0.15) is 9.88 Å². The molecule has 1 heterocycles. The first-order chi connectivity index (χ1) is 6.99. The molecular formula is C8H9NO5S. The van der Waals surface area contributed by atoms with Gasteiger partial charge in [0, 0.05) is 12.7 Å². The molecule has 0 atom stereocenters. The third-order valence-corrected chi connectivity index (χ3v) is 2.78. The molecule has 1 aromatic heterocycles. The quantitative estimate of drug-likeness (QED) is 0.709. The number of anilines is 1. The van der Waals surface area contributed by atoms with E-state index in [4.69, 9.17) is 20.7 Å². The molecule has 82 valence electrons. The third-order valence-electron chi connectivity index (χ3n) is 1.73. The van der Waals surface area contributed by atoms with Gasteiger partial charge >= 0.3 is 11.9 Å². The van der Waals surface area contributed by atoms with E-state index in [2.05, 4.69) is 0 Å². The van der Waals surface area contributed by atoms with Gasteiger partial charge < -0.3 is 20.7 Å². The van der Waals surface area contributed by atoms with Gasteiger partial charge in [-0.3, -0.25) is 0 Å². The average molecular weight is 231 g/mol. The van der Waals surface area contributed by atoms with E-state index in [1.807, 2.05) is 0 Å². The van der Waals surface area contributed by atoms with Crippen molar-refractivity contribution >= 4 is 28.3 Å². The number of rotatable bonds is 4.